The van der Waals surface area contributed by atoms with E-state index in [2.05, 4.69) is 5.32 Å². The standard InChI is InChI=1S/C23H24N2O4/c1-14(13-24)27-18-11-20(28-16(3)25-4)22-15(2)19(23(26)29-21(22)12-18)10-17-8-6-5-7-9-17/h5-9,11-12,14,16,25H,10H2,1-4H3. The van der Waals surface area contributed by atoms with Crippen LogP contribution in [0.1, 0.15) is 30.5 Å². The van der Waals surface area contributed by atoms with Crippen molar-refractivity contribution in [3.63, 3.8) is 0 Å². The average molecular weight is 392 g/mol. The van der Waals surface area contributed by atoms with Gasteiger partial charge in [-0.25, -0.2) is 4.79 Å². The Bertz CT molecular complexity index is 1100. The molecule has 3 rings (SSSR count). The third kappa shape index (κ3) is 4.58. The van der Waals surface area contributed by atoms with Crippen molar-refractivity contribution < 1.29 is 13.9 Å². The lowest BCUT2D eigenvalue weighted by atomic mass is 9.99. The van der Waals surface area contributed by atoms with Crippen molar-refractivity contribution in [2.24, 2.45) is 0 Å². The minimum Gasteiger partial charge on any atom is -0.476 e. The van der Waals surface area contributed by atoms with Crippen molar-refractivity contribution in [3.05, 3.63) is 69.6 Å². The van der Waals surface area contributed by atoms with Gasteiger partial charge in [0.2, 0.25) is 0 Å². The van der Waals surface area contributed by atoms with Crippen LogP contribution in [0.2, 0.25) is 0 Å². The maximum absolute atomic E-state index is 12.7. The zero-order chi connectivity index (χ0) is 21.0. The molecule has 1 aromatic heterocycles. The van der Waals surface area contributed by atoms with E-state index in [9.17, 15) is 4.79 Å². The van der Waals surface area contributed by atoms with Crippen LogP contribution in [0.4, 0.5) is 0 Å². The van der Waals surface area contributed by atoms with Gasteiger partial charge in [0.1, 0.15) is 29.4 Å². The zero-order valence-corrected chi connectivity index (χ0v) is 17.0. The van der Waals surface area contributed by atoms with Crippen LogP contribution in [0.5, 0.6) is 11.5 Å². The highest BCUT2D eigenvalue weighted by molar-refractivity contribution is 5.89. The van der Waals surface area contributed by atoms with Crippen LogP contribution in [0.25, 0.3) is 11.0 Å². The molecule has 2 aromatic carbocycles. The van der Waals surface area contributed by atoms with E-state index in [0.29, 0.717) is 29.1 Å². The number of rotatable bonds is 7. The molecule has 0 bridgehead atoms. The number of benzene rings is 2. The number of nitrogens with one attached hydrogen (secondary N) is 1. The minimum atomic E-state index is -0.646. The number of nitriles is 1. The van der Waals surface area contributed by atoms with E-state index in [1.54, 1.807) is 26.1 Å². The van der Waals surface area contributed by atoms with Crippen molar-refractivity contribution in [3.8, 4) is 17.6 Å². The third-order valence-corrected chi connectivity index (χ3v) is 4.74. The van der Waals surface area contributed by atoms with Gasteiger partial charge in [-0.1, -0.05) is 30.3 Å². The van der Waals surface area contributed by atoms with E-state index in [1.165, 1.54) is 0 Å². The van der Waals surface area contributed by atoms with Crippen molar-refractivity contribution >= 4 is 11.0 Å². The highest BCUT2D eigenvalue weighted by atomic mass is 16.5. The Kier molecular flexibility index (Phi) is 6.20. The molecule has 0 radical (unpaired) electrons. The second kappa shape index (κ2) is 8.80. The molecule has 2 atom stereocenters. The molecule has 0 saturated heterocycles. The highest BCUT2D eigenvalue weighted by Crippen LogP contribution is 2.35. The minimum absolute atomic E-state index is 0.272. The number of ether oxygens (including phenoxy) is 2. The molecule has 1 heterocycles. The lowest BCUT2D eigenvalue weighted by Crippen LogP contribution is -2.27. The van der Waals surface area contributed by atoms with E-state index in [0.717, 1.165) is 16.5 Å². The molecule has 0 aliphatic heterocycles. The van der Waals surface area contributed by atoms with Crippen molar-refractivity contribution in [2.45, 2.75) is 39.5 Å². The normalized spacial score (nSPS) is 12.9. The lowest BCUT2D eigenvalue weighted by Gasteiger charge is -2.19. The molecule has 0 amide bonds. The Balaban J connectivity index is 2.17. The van der Waals surface area contributed by atoms with Crippen LogP contribution in [0.15, 0.2) is 51.7 Å². The molecule has 29 heavy (non-hydrogen) atoms. The highest BCUT2D eigenvalue weighted by Gasteiger charge is 2.19. The summed E-state index contributed by atoms with van der Waals surface area (Å²) in [6.07, 6.45) is -0.451. The van der Waals surface area contributed by atoms with Crippen molar-refractivity contribution in [1.82, 2.24) is 5.32 Å². The Hall–Kier alpha value is -3.30. The maximum atomic E-state index is 12.7. The van der Waals surface area contributed by atoms with Crippen LogP contribution in [0, 0.1) is 18.3 Å². The summed E-state index contributed by atoms with van der Waals surface area (Å²) in [7, 11) is 1.79. The smallest absolute Gasteiger partial charge is 0.340 e. The van der Waals surface area contributed by atoms with E-state index in [1.807, 2.05) is 50.2 Å². The van der Waals surface area contributed by atoms with Gasteiger partial charge in [-0.3, -0.25) is 5.32 Å². The molecule has 0 spiro atoms. The SMILES string of the molecule is CNC(C)Oc1cc(OC(C)C#N)cc2oc(=O)c(Cc3ccccc3)c(C)c12. The Morgan fingerprint density at radius 2 is 1.90 bits per heavy atom. The van der Waals surface area contributed by atoms with Gasteiger partial charge in [0, 0.05) is 24.1 Å². The molecule has 3 aromatic rings. The molecule has 1 N–H and O–H groups in total. The van der Waals surface area contributed by atoms with Crippen LogP contribution in [-0.2, 0) is 6.42 Å². The molecule has 2 unspecified atom stereocenters. The molecule has 0 aliphatic rings. The summed E-state index contributed by atoms with van der Waals surface area (Å²) < 4.78 is 17.3. The summed E-state index contributed by atoms with van der Waals surface area (Å²) in [5.74, 6) is 0.934. The van der Waals surface area contributed by atoms with Gasteiger partial charge in [-0.2, -0.15) is 5.26 Å². The summed E-state index contributed by atoms with van der Waals surface area (Å²) in [6, 6.07) is 15.1. The van der Waals surface area contributed by atoms with E-state index in [-0.39, 0.29) is 6.23 Å². The first-order valence-electron chi connectivity index (χ1n) is 9.47. The van der Waals surface area contributed by atoms with Gasteiger partial charge in [0.05, 0.1) is 5.39 Å². The van der Waals surface area contributed by atoms with Crippen LogP contribution in [0.3, 0.4) is 0 Å². The van der Waals surface area contributed by atoms with E-state index < -0.39 is 11.7 Å². The van der Waals surface area contributed by atoms with Gasteiger partial charge < -0.3 is 13.9 Å². The molecule has 6 heteroatoms. The van der Waals surface area contributed by atoms with Crippen molar-refractivity contribution in [1.29, 1.82) is 5.26 Å². The quantitative estimate of drug-likeness (QED) is 0.484. The molecule has 6 nitrogen and oxygen atoms in total. The first kappa shape index (κ1) is 20.4. The van der Waals surface area contributed by atoms with Gasteiger partial charge in [-0.05, 0) is 38.9 Å². The molecular formula is C23H24N2O4. The fourth-order valence-corrected chi connectivity index (χ4v) is 3.13. The number of fused-ring (bicyclic) bond motifs is 1. The predicted octanol–water partition coefficient (Wildman–Crippen LogP) is 3.93. The molecule has 0 aliphatic carbocycles. The third-order valence-electron chi connectivity index (χ3n) is 4.74. The van der Waals surface area contributed by atoms with Crippen molar-refractivity contribution in [2.75, 3.05) is 7.05 Å². The number of nitrogens with zero attached hydrogens (tertiary/aromatic N) is 1. The van der Waals surface area contributed by atoms with Gasteiger partial charge in [0.25, 0.3) is 0 Å². The van der Waals surface area contributed by atoms with Crippen LogP contribution in [-0.4, -0.2) is 19.4 Å². The summed E-state index contributed by atoms with van der Waals surface area (Å²) >= 11 is 0. The van der Waals surface area contributed by atoms with E-state index >= 15 is 0 Å². The Morgan fingerprint density at radius 3 is 2.55 bits per heavy atom. The Labute approximate surface area is 169 Å². The Morgan fingerprint density at radius 1 is 1.17 bits per heavy atom. The van der Waals surface area contributed by atoms with Gasteiger partial charge in [-0.15, -0.1) is 0 Å². The monoisotopic (exact) mass is 392 g/mol. The first-order chi connectivity index (χ1) is 13.9. The van der Waals surface area contributed by atoms with Crippen LogP contribution >= 0.6 is 0 Å². The number of hydrogen-bond acceptors (Lipinski definition) is 6. The van der Waals surface area contributed by atoms with Crippen LogP contribution < -0.4 is 20.4 Å². The summed E-state index contributed by atoms with van der Waals surface area (Å²) in [6.45, 7) is 5.41. The number of aryl methyl sites for hydroxylation is 1. The van der Waals surface area contributed by atoms with Gasteiger partial charge >= 0.3 is 5.63 Å². The average Bonchev–Trinajstić information content (AvgIpc) is 2.71. The first-order valence-corrected chi connectivity index (χ1v) is 9.47. The maximum Gasteiger partial charge on any atom is 0.340 e. The topological polar surface area (TPSA) is 84.5 Å². The summed E-state index contributed by atoms with van der Waals surface area (Å²) in [5, 5.41) is 12.8. The van der Waals surface area contributed by atoms with E-state index in [4.69, 9.17) is 19.2 Å². The predicted molar refractivity (Wildman–Crippen MR) is 111 cm³/mol. The van der Waals surface area contributed by atoms with Gasteiger partial charge in [0.15, 0.2) is 6.10 Å². The molecular weight excluding hydrogens is 368 g/mol. The zero-order valence-electron chi connectivity index (χ0n) is 17.0. The molecule has 150 valence electrons. The largest absolute Gasteiger partial charge is 0.476 e. The summed E-state index contributed by atoms with van der Waals surface area (Å²) in [4.78, 5) is 12.7. The molecule has 0 saturated carbocycles. The fraction of sp³-hybridized carbons (Fsp3) is 0.304. The lowest BCUT2D eigenvalue weighted by molar-refractivity contribution is 0.194. The molecule has 0 fully saturated rings. The summed E-state index contributed by atoms with van der Waals surface area (Å²) in [5.41, 5.74) is 2.39. The second-order valence-corrected chi connectivity index (χ2v) is 6.89. The second-order valence-electron chi connectivity index (χ2n) is 6.89. The number of hydrogen-bond donors (Lipinski definition) is 1. The fourth-order valence-electron chi connectivity index (χ4n) is 3.13.